The molecule has 2 aromatic rings. The number of ether oxygens (including phenoxy) is 1. The molecule has 0 radical (unpaired) electrons. The van der Waals surface area contributed by atoms with Crippen LogP contribution in [0.4, 0.5) is 0 Å². The standard InChI is InChI=1S/C17H19N3O2/c21-17-6-2-4-10-20(17)11-12-22-16-8-7-14(13-19-16)15-5-1-3-9-18-15/h1,3,5,7-9,13H,2,4,6,10-12H2. The van der Waals surface area contributed by atoms with Crippen molar-refractivity contribution in [3.63, 3.8) is 0 Å². The summed E-state index contributed by atoms with van der Waals surface area (Å²) >= 11 is 0. The molecule has 0 atom stereocenters. The van der Waals surface area contributed by atoms with Gasteiger partial charge in [-0.3, -0.25) is 9.78 Å². The van der Waals surface area contributed by atoms with E-state index >= 15 is 0 Å². The quantitative estimate of drug-likeness (QED) is 0.851. The number of carbonyl (C=O) groups is 1. The number of hydrogen-bond acceptors (Lipinski definition) is 4. The third kappa shape index (κ3) is 3.61. The van der Waals surface area contributed by atoms with E-state index in [1.54, 1.807) is 12.4 Å². The summed E-state index contributed by atoms with van der Waals surface area (Å²) in [5.74, 6) is 0.803. The minimum atomic E-state index is 0.230. The van der Waals surface area contributed by atoms with Crippen LogP contribution in [0, 0.1) is 0 Å². The lowest BCUT2D eigenvalue weighted by Gasteiger charge is -2.26. The molecule has 5 heteroatoms. The second-order valence-electron chi connectivity index (χ2n) is 5.29. The lowest BCUT2D eigenvalue weighted by atomic mass is 10.1. The molecule has 1 fully saturated rings. The van der Waals surface area contributed by atoms with Gasteiger partial charge in [0.15, 0.2) is 0 Å². The van der Waals surface area contributed by atoms with Crippen LogP contribution in [0.1, 0.15) is 19.3 Å². The number of carbonyl (C=O) groups excluding carboxylic acids is 1. The van der Waals surface area contributed by atoms with Crippen LogP contribution in [0.15, 0.2) is 42.7 Å². The van der Waals surface area contributed by atoms with Gasteiger partial charge in [0.2, 0.25) is 11.8 Å². The molecule has 0 N–H and O–H groups in total. The lowest BCUT2D eigenvalue weighted by molar-refractivity contribution is -0.133. The predicted octanol–water partition coefficient (Wildman–Crippen LogP) is 2.53. The molecule has 0 unspecified atom stereocenters. The molecular formula is C17H19N3O2. The summed E-state index contributed by atoms with van der Waals surface area (Å²) in [4.78, 5) is 22.1. The summed E-state index contributed by atoms with van der Waals surface area (Å²) in [6.45, 7) is 1.94. The first kappa shape index (κ1) is 14.5. The molecule has 0 saturated carbocycles. The highest BCUT2D eigenvalue weighted by Gasteiger charge is 2.17. The fraction of sp³-hybridized carbons (Fsp3) is 0.353. The first-order valence-corrected chi connectivity index (χ1v) is 7.61. The molecule has 3 rings (SSSR count). The average Bonchev–Trinajstić information content (AvgIpc) is 2.58. The molecule has 1 saturated heterocycles. The number of hydrogen-bond donors (Lipinski definition) is 0. The Labute approximate surface area is 130 Å². The smallest absolute Gasteiger partial charge is 0.222 e. The van der Waals surface area contributed by atoms with E-state index in [1.807, 2.05) is 35.2 Å². The number of aromatic nitrogens is 2. The van der Waals surface area contributed by atoms with Gasteiger partial charge in [-0.25, -0.2) is 4.98 Å². The Balaban J connectivity index is 1.52. The zero-order chi connectivity index (χ0) is 15.2. The summed E-state index contributed by atoms with van der Waals surface area (Å²) in [7, 11) is 0. The first-order chi connectivity index (χ1) is 10.8. The second-order valence-corrected chi connectivity index (χ2v) is 5.29. The predicted molar refractivity (Wildman–Crippen MR) is 83.4 cm³/mol. The van der Waals surface area contributed by atoms with Gasteiger partial charge in [0, 0.05) is 37.0 Å². The molecule has 5 nitrogen and oxygen atoms in total. The molecule has 1 aliphatic heterocycles. The largest absolute Gasteiger partial charge is 0.476 e. The van der Waals surface area contributed by atoms with E-state index in [4.69, 9.17) is 4.74 Å². The minimum absolute atomic E-state index is 0.230. The second kappa shape index (κ2) is 7.02. The fourth-order valence-electron chi connectivity index (χ4n) is 2.51. The van der Waals surface area contributed by atoms with Crippen LogP contribution in [0.5, 0.6) is 5.88 Å². The summed E-state index contributed by atoms with van der Waals surface area (Å²) in [5.41, 5.74) is 1.85. The van der Waals surface area contributed by atoms with Crippen LogP contribution in [0.25, 0.3) is 11.3 Å². The van der Waals surface area contributed by atoms with Crippen LogP contribution < -0.4 is 4.74 Å². The molecular weight excluding hydrogens is 278 g/mol. The average molecular weight is 297 g/mol. The number of amides is 1. The van der Waals surface area contributed by atoms with Crippen molar-refractivity contribution in [3.8, 4) is 17.1 Å². The zero-order valence-electron chi connectivity index (χ0n) is 12.4. The third-order valence-electron chi connectivity index (χ3n) is 3.73. The number of piperidine rings is 1. The fourth-order valence-corrected chi connectivity index (χ4v) is 2.51. The van der Waals surface area contributed by atoms with Crippen LogP contribution in [-0.2, 0) is 4.79 Å². The van der Waals surface area contributed by atoms with Crippen molar-refractivity contribution in [2.75, 3.05) is 19.7 Å². The van der Waals surface area contributed by atoms with Gasteiger partial charge in [0.1, 0.15) is 6.61 Å². The Morgan fingerprint density at radius 2 is 2.09 bits per heavy atom. The molecule has 22 heavy (non-hydrogen) atoms. The van der Waals surface area contributed by atoms with Crippen molar-refractivity contribution < 1.29 is 9.53 Å². The van der Waals surface area contributed by atoms with Crippen molar-refractivity contribution in [2.45, 2.75) is 19.3 Å². The number of likely N-dealkylation sites (tertiary alicyclic amines) is 1. The van der Waals surface area contributed by atoms with Crippen LogP contribution in [0.2, 0.25) is 0 Å². The Morgan fingerprint density at radius 3 is 2.82 bits per heavy atom. The van der Waals surface area contributed by atoms with Gasteiger partial charge in [0.25, 0.3) is 0 Å². The van der Waals surface area contributed by atoms with Crippen molar-refractivity contribution in [1.29, 1.82) is 0 Å². The van der Waals surface area contributed by atoms with Crippen molar-refractivity contribution in [2.24, 2.45) is 0 Å². The zero-order valence-corrected chi connectivity index (χ0v) is 12.4. The maximum Gasteiger partial charge on any atom is 0.222 e. The summed E-state index contributed by atoms with van der Waals surface area (Å²) in [5, 5.41) is 0. The normalized spacial score (nSPS) is 14.9. The number of pyridine rings is 2. The van der Waals surface area contributed by atoms with Gasteiger partial charge >= 0.3 is 0 Å². The van der Waals surface area contributed by atoms with Gasteiger partial charge in [-0.1, -0.05) is 6.07 Å². The molecule has 1 aliphatic rings. The maximum atomic E-state index is 11.7. The Hall–Kier alpha value is -2.43. The Morgan fingerprint density at radius 1 is 1.14 bits per heavy atom. The minimum Gasteiger partial charge on any atom is -0.476 e. The molecule has 2 aromatic heterocycles. The van der Waals surface area contributed by atoms with Gasteiger partial charge in [-0.15, -0.1) is 0 Å². The molecule has 114 valence electrons. The van der Waals surface area contributed by atoms with Crippen LogP contribution in [-0.4, -0.2) is 40.5 Å². The number of nitrogens with zero attached hydrogens (tertiary/aromatic N) is 3. The highest BCUT2D eigenvalue weighted by Crippen LogP contribution is 2.17. The maximum absolute atomic E-state index is 11.7. The third-order valence-corrected chi connectivity index (χ3v) is 3.73. The molecule has 0 bridgehead atoms. The van der Waals surface area contributed by atoms with E-state index in [0.29, 0.717) is 25.5 Å². The van der Waals surface area contributed by atoms with Gasteiger partial charge < -0.3 is 9.64 Å². The molecule has 0 aliphatic carbocycles. The molecule has 0 aromatic carbocycles. The lowest BCUT2D eigenvalue weighted by Crippen LogP contribution is -2.38. The Bertz CT molecular complexity index is 614. The van der Waals surface area contributed by atoms with Crippen LogP contribution >= 0.6 is 0 Å². The summed E-state index contributed by atoms with van der Waals surface area (Å²) < 4.78 is 5.62. The highest BCUT2D eigenvalue weighted by atomic mass is 16.5. The summed E-state index contributed by atoms with van der Waals surface area (Å²) in [6.07, 6.45) is 6.27. The van der Waals surface area contributed by atoms with E-state index in [0.717, 1.165) is 30.6 Å². The first-order valence-electron chi connectivity index (χ1n) is 7.61. The van der Waals surface area contributed by atoms with E-state index in [-0.39, 0.29) is 5.91 Å². The molecule has 1 amide bonds. The highest BCUT2D eigenvalue weighted by molar-refractivity contribution is 5.76. The van der Waals surface area contributed by atoms with E-state index < -0.39 is 0 Å². The molecule has 3 heterocycles. The van der Waals surface area contributed by atoms with Gasteiger partial charge in [-0.05, 0) is 31.0 Å². The SMILES string of the molecule is O=C1CCCCN1CCOc1ccc(-c2ccccn2)cn1. The Kier molecular flexibility index (Phi) is 4.63. The van der Waals surface area contributed by atoms with Gasteiger partial charge in [0.05, 0.1) is 12.2 Å². The topological polar surface area (TPSA) is 55.3 Å². The van der Waals surface area contributed by atoms with Gasteiger partial charge in [-0.2, -0.15) is 0 Å². The van der Waals surface area contributed by atoms with Crippen molar-refractivity contribution in [3.05, 3.63) is 42.7 Å². The van der Waals surface area contributed by atoms with Crippen LogP contribution in [0.3, 0.4) is 0 Å². The molecule has 0 spiro atoms. The monoisotopic (exact) mass is 297 g/mol. The summed E-state index contributed by atoms with van der Waals surface area (Å²) in [6, 6.07) is 9.55. The number of rotatable bonds is 5. The van der Waals surface area contributed by atoms with Crippen molar-refractivity contribution >= 4 is 5.91 Å². The van der Waals surface area contributed by atoms with E-state index in [1.165, 1.54) is 0 Å². The van der Waals surface area contributed by atoms with E-state index in [9.17, 15) is 4.79 Å². The van der Waals surface area contributed by atoms with Crippen molar-refractivity contribution in [1.82, 2.24) is 14.9 Å². The van der Waals surface area contributed by atoms with E-state index in [2.05, 4.69) is 9.97 Å².